The van der Waals surface area contributed by atoms with E-state index in [0.717, 1.165) is 18.0 Å². The highest BCUT2D eigenvalue weighted by Crippen LogP contribution is 2.14. The molecule has 0 fully saturated rings. The Balaban J connectivity index is 0.00000364. The molecule has 8 heteroatoms. The SMILES string of the molecule is CCNC(=NCc1cc(C(C)C)no1)NCC(C)Oc1ccc(F)cc1.I. The number of guanidine groups is 1. The number of nitrogens with zero attached hydrogens (tertiary/aromatic N) is 2. The van der Waals surface area contributed by atoms with Crippen LogP contribution in [0.15, 0.2) is 39.8 Å². The van der Waals surface area contributed by atoms with Crippen molar-refractivity contribution in [1.29, 1.82) is 0 Å². The maximum atomic E-state index is 12.9. The van der Waals surface area contributed by atoms with Crippen LogP contribution in [0.5, 0.6) is 5.75 Å². The average Bonchev–Trinajstić information content (AvgIpc) is 3.09. The lowest BCUT2D eigenvalue weighted by atomic mass is 10.1. The summed E-state index contributed by atoms with van der Waals surface area (Å²) >= 11 is 0. The zero-order valence-electron chi connectivity index (χ0n) is 16.2. The molecular formula is C19H28FIN4O2. The molecule has 1 aromatic heterocycles. The second-order valence-electron chi connectivity index (χ2n) is 6.33. The number of hydrogen-bond acceptors (Lipinski definition) is 4. The van der Waals surface area contributed by atoms with E-state index in [2.05, 4.69) is 34.6 Å². The quantitative estimate of drug-likeness (QED) is 0.332. The molecule has 0 saturated carbocycles. The third-order valence-electron chi connectivity index (χ3n) is 3.61. The van der Waals surface area contributed by atoms with E-state index in [9.17, 15) is 4.39 Å². The molecule has 0 spiro atoms. The summed E-state index contributed by atoms with van der Waals surface area (Å²) in [6, 6.07) is 7.91. The smallest absolute Gasteiger partial charge is 0.191 e. The number of nitrogens with one attached hydrogen (secondary N) is 2. The molecule has 27 heavy (non-hydrogen) atoms. The Bertz CT molecular complexity index is 704. The summed E-state index contributed by atoms with van der Waals surface area (Å²) in [5.74, 6) is 2.07. The molecule has 1 heterocycles. The van der Waals surface area contributed by atoms with Crippen LogP contribution in [0.4, 0.5) is 4.39 Å². The Hall–Kier alpha value is -1.84. The van der Waals surface area contributed by atoms with E-state index < -0.39 is 0 Å². The van der Waals surface area contributed by atoms with Crippen LogP contribution in [0.1, 0.15) is 45.1 Å². The van der Waals surface area contributed by atoms with Crippen molar-refractivity contribution in [2.45, 2.75) is 46.3 Å². The maximum absolute atomic E-state index is 12.9. The molecule has 0 aliphatic carbocycles. The fraction of sp³-hybridized carbons (Fsp3) is 0.474. The van der Waals surface area contributed by atoms with Gasteiger partial charge in [0.05, 0.1) is 12.2 Å². The Morgan fingerprint density at radius 2 is 1.93 bits per heavy atom. The first-order valence-corrected chi connectivity index (χ1v) is 8.87. The Labute approximate surface area is 177 Å². The van der Waals surface area contributed by atoms with Crippen LogP contribution in [-0.2, 0) is 6.54 Å². The van der Waals surface area contributed by atoms with Gasteiger partial charge in [-0.25, -0.2) is 9.38 Å². The minimum atomic E-state index is -0.280. The van der Waals surface area contributed by atoms with Gasteiger partial charge in [0.2, 0.25) is 0 Å². The highest BCUT2D eigenvalue weighted by molar-refractivity contribution is 14.0. The topological polar surface area (TPSA) is 71.7 Å². The molecule has 0 bridgehead atoms. The van der Waals surface area contributed by atoms with Gasteiger partial charge in [-0.05, 0) is 44.0 Å². The minimum absolute atomic E-state index is 0. The second kappa shape index (κ2) is 11.8. The number of benzene rings is 1. The minimum Gasteiger partial charge on any atom is -0.489 e. The normalized spacial score (nSPS) is 12.4. The first-order valence-electron chi connectivity index (χ1n) is 8.87. The molecule has 6 nitrogen and oxygen atoms in total. The number of hydrogen-bond donors (Lipinski definition) is 2. The number of aliphatic imine (C=N–C) groups is 1. The van der Waals surface area contributed by atoms with Crippen LogP contribution in [0.25, 0.3) is 0 Å². The van der Waals surface area contributed by atoms with Gasteiger partial charge in [-0.2, -0.15) is 0 Å². The summed E-state index contributed by atoms with van der Waals surface area (Å²) in [6.07, 6.45) is -0.109. The first kappa shape index (κ1) is 23.2. The number of halogens is 2. The summed E-state index contributed by atoms with van der Waals surface area (Å²) in [7, 11) is 0. The predicted molar refractivity (Wildman–Crippen MR) is 115 cm³/mol. The van der Waals surface area contributed by atoms with Crippen molar-refractivity contribution in [2.75, 3.05) is 13.1 Å². The van der Waals surface area contributed by atoms with E-state index in [1.54, 1.807) is 12.1 Å². The van der Waals surface area contributed by atoms with Gasteiger partial charge in [0.25, 0.3) is 0 Å². The lowest BCUT2D eigenvalue weighted by Gasteiger charge is -2.17. The van der Waals surface area contributed by atoms with Crippen molar-refractivity contribution in [2.24, 2.45) is 4.99 Å². The molecule has 1 aromatic carbocycles. The van der Waals surface area contributed by atoms with Gasteiger partial charge in [0.15, 0.2) is 11.7 Å². The zero-order chi connectivity index (χ0) is 18.9. The van der Waals surface area contributed by atoms with Crippen LogP contribution in [0.3, 0.4) is 0 Å². The van der Waals surface area contributed by atoms with Gasteiger partial charge in [-0.15, -0.1) is 24.0 Å². The molecule has 2 aromatic rings. The lowest BCUT2D eigenvalue weighted by molar-refractivity contribution is 0.223. The van der Waals surface area contributed by atoms with Crippen molar-refractivity contribution in [3.05, 3.63) is 47.6 Å². The van der Waals surface area contributed by atoms with Crippen molar-refractivity contribution in [3.8, 4) is 5.75 Å². The summed E-state index contributed by atoms with van der Waals surface area (Å²) in [5, 5.41) is 10.4. The standard InChI is InChI=1S/C19H27FN4O2.HI/c1-5-21-19(23-12-17-10-18(13(2)3)24-26-17)22-11-14(4)25-16-8-6-15(20)7-9-16;/h6-10,13-14H,5,11-12H2,1-4H3,(H2,21,22,23);1H. The summed E-state index contributed by atoms with van der Waals surface area (Å²) < 4.78 is 24.0. The van der Waals surface area contributed by atoms with Gasteiger partial charge in [-0.3, -0.25) is 0 Å². The third-order valence-corrected chi connectivity index (χ3v) is 3.61. The average molecular weight is 490 g/mol. The summed E-state index contributed by atoms with van der Waals surface area (Å²) in [4.78, 5) is 4.50. The van der Waals surface area contributed by atoms with Gasteiger partial charge in [0, 0.05) is 12.6 Å². The molecule has 2 rings (SSSR count). The van der Waals surface area contributed by atoms with E-state index in [1.165, 1.54) is 12.1 Å². The fourth-order valence-corrected chi connectivity index (χ4v) is 2.20. The molecule has 2 N–H and O–H groups in total. The van der Waals surface area contributed by atoms with Crippen LogP contribution >= 0.6 is 24.0 Å². The van der Waals surface area contributed by atoms with E-state index in [0.29, 0.717) is 30.7 Å². The van der Waals surface area contributed by atoms with Crippen molar-refractivity contribution in [3.63, 3.8) is 0 Å². The highest BCUT2D eigenvalue weighted by atomic mass is 127. The second-order valence-corrected chi connectivity index (χ2v) is 6.33. The molecule has 1 unspecified atom stereocenters. The van der Waals surface area contributed by atoms with E-state index in [-0.39, 0.29) is 35.9 Å². The number of rotatable bonds is 8. The van der Waals surface area contributed by atoms with Crippen LogP contribution in [0.2, 0.25) is 0 Å². The van der Waals surface area contributed by atoms with Gasteiger partial charge >= 0.3 is 0 Å². The Morgan fingerprint density at radius 3 is 2.52 bits per heavy atom. The molecule has 0 saturated heterocycles. The van der Waals surface area contributed by atoms with E-state index in [4.69, 9.17) is 9.26 Å². The largest absolute Gasteiger partial charge is 0.489 e. The van der Waals surface area contributed by atoms with Gasteiger partial charge in [-0.1, -0.05) is 19.0 Å². The van der Waals surface area contributed by atoms with Crippen LogP contribution in [-0.4, -0.2) is 30.3 Å². The monoisotopic (exact) mass is 490 g/mol. The molecule has 1 atom stereocenters. The first-order chi connectivity index (χ1) is 12.5. The highest BCUT2D eigenvalue weighted by Gasteiger charge is 2.09. The van der Waals surface area contributed by atoms with Crippen molar-refractivity contribution < 1.29 is 13.7 Å². The van der Waals surface area contributed by atoms with Gasteiger partial charge < -0.3 is 19.9 Å². The Kier molecular flexibility index (Phi) is 10.1. The Morgan fingerprint density at radius 1 is 1.22 bits per heavy atom. The van der Waals surface area contributed by atoms with Crippen LogP contribution < -0.4 is 15.4 Å². The van der Waals surface area contributed by atoms with E-state index in [1.807, 2.05) is 19.9 Å². The molecule has 0 aliphatic heterocycles. The summed E-state index contributed by atoms with van der Waals surface area (Å²) in [5.41, 5.74) is 0.925. The van der Waals surface area contributed by atoms with Gasteiger partial charge in [0.1, 0.15) is 24.2 Å². The molecule has 0 radical (unpaired) electrons. The number of ether oxygens (including phenoxy) is 1. The fourth-order valence-electron chi connectivity index (χ4n) is 2.20. The lowest BCUT2D eigenvalue weighted by Crippen LogP contribution is -2.41. The van der Waals surface area contributed by atoms with Crippen molar-refractivity contribution in [1.82, 2.24) is 15.8 Å². The summed E-state index contributed by atoms with van der Waals surface area (Å²) in [6.45, 7) is 9.77. The molecule has 0 amide bonds. The van der Waals surface area contributed by atoms with Crippen LogP contribution in [0, 0.1) is 5.82 Å². The maximum Gasteiger partial charge on any atom is 0.191 e. The van der Waals surface area contributed by atoms with Crippen molar-refractivity contribution >= 4 is 29.9 Å². The predicted octanol–water partition coefficient (Wildman–Crippen LogP) is 4.08. The molecule has 150 valence electrons. The van der Waals surface area contributed by atoms with E-state index >= 15 is 0 Å². The molecule has 0 aliphatic rings. The number of aromatic nitrogens is 1. The molecular weight excluding hydrogens is 462 g/mol. The zero-order valence-corrected chi connectivity index (χ0v) is 18.5. The third kappa shape index (κ3) is 8.15.